The van der Waals surface area contributed by atoms with Gasteiger partial charge in [-0.3, -0.25) is 10.1 Å². The smallest absolute Gasteiger partial charge is 0.325 e. The maximum Gasteiger partial charge on any atom is 0.325 e. The van der Waals surface area contributed by atoms with Crippen molar-refractivity contribution in [3.05, 3.63) is 69.1 Å². The molecule has 0 bridgehead atoms. The number of hydrogen-bond donors (Lipinski definition) is 3. The molecule has 0 spiro atoms. The van der Waals surface area contributed by atoms with E-state index in [1.807, 2.05) is 56.3 Å². The third-order valence-electron chi connectivity index (χ3n) is 3.83. The van der Waals surface area contributed by atoms with E-state index in [1.54, 1.807) is 5.38 Å². The van der Waals surface area contributed by atoms with Crippen molar-refractivity contribution in [1.82, 2.24) is 4.98 Å². The van der Waals surface area contributed by atoms with Gasteiger partial charge in [-0.05, 0) is 55.3 Å². The third kappa shape index (κ3) is 5.64. The van der Waals surface area contributed by atoms with Gasteiger partial charge in [0.05, 0.1) is 12.1 Å². The summed E-state index contributed by atoms with van der Waals surface area (Å²) in [6.07, 6.45) is 0.132. The van der Waals surface area contributed by atoms with Crippen LogP contribution in [0.5, 0.6) is 0 Å². The molecule has 1 heterocycles. The molecule has 0 aliphatic carbocycles. The summed E-state index contributed by atoms with van der Waals surface area (Å²) in [6.45, 7) is 3.91. The van der Waals surface area contributed by atoms with E-state index in [4.69, 9.17) is 0 Å². The molecule has 0 radical (unpaired) electrons. The fourth-order valence-electron chi connectivity index (χ4n) is 2.52. The second-order valence-corrected chi connectivity index (χ2v) is 7.99. The SMILES string of the molecule is Cc1cccc(NC(=O)Nc2nc(CC(=O)Nc3ccc(Br)c(C)c3)cs2)c1. The number of carbonyl (C=O) groups excluding carboxylic acids is 2. The summed E-state index contributed by atoms with van der Waals surface area (Å²) in [6, 6.07) is 12.8. The van der Waals surface area contributed by atoms with E-state index >= 15 is 0 Å². The minimum absolute atomic E-state index is 0.132. The first kappa shape index (κ1) is 20.0. The van der Waals surface area contributed by atoms with E-state index in [0.717, 1.165) is 21.3 Å². The van der Waals surface area contributed by atoms with Crippen LogP contribution in [0.4, 0.5) is 21.3 Å². The predicted molar refractivity (Wildman–Crippen MR) is 117 cm³/mol. The van der Waals surface area contributed by atoms with Crippen LogP contribution in [0.1, 0.15) is 16.8 Å². The molecule has 3 rings (SSSR count). The summed E-state index contributed by atoms with van der Waals surface area (Å²) < 4.78 is 0.990. The first-order valence-electron chi connectivity index (χ1n) is 8.54. The van der Waals surface area contributed by atoms with Crippen LogP contribution in [0.25, 0.3) is 0 Å². The van der Waals surface area contributed by atoms with E-state index in [2.05, 4.69) is 36.9 Å². The van der Waals surface area contributed by atoms with Crippen LogP contribution in [0.3, 0.4) is 0 Å². The van der Waals surface area contributed by atoms with Gasteiger partial charge in [0, 0.05) is 21.2 Å². The molecule has 6 nitrogen and oxygen atoms in total. The van der Waals surface area contributed by atoms with Crippen LogP contribution in [0.2, 0.25) is 0 Å². The normalized spacial score (nSPS) is 10.4. The summed E-state index contributed by atoms with van der Waals surface area (Å²) in [7, 11) is 0. The Kier molecular flexibility index (Phi) is 6.43. The molecular formula is C20H19BrN4O2S. The van der Waals surface area contributed by atoms with Crippen LogP contribution in [-0.2, 0) is 11.2 Å². The molecule has 0 aliphatic rings. The topological polar surface area (TPSA) is 83.1 Å². The highest BCUT2D eigenvalue weighted by Crippen LogP contribution is 2.21. The molecule has 144 valence electrons. The number of nitrogens with zero attached hydrogens (tertiary/aromatic N) is 1. The highest BCUT2D eigenvalue weighted by atomic mass is 79.9. The van der Waals surface area contributed by atoms with Gasteiger partial charge in [0.1, 0.15) is 0 Å². The number of rotatable bonds is 5. The fraction of sp³-hybridized carbons (Fsp3) is 0.150. The molecule has 8 heteroatoms. The second kappa shape index (κ2) is 8.99. The Morgan fingerprint density at radius 1 is 1.04 bits per heavy atom. The van der Waals surface area contributed by atoms with Crippen LogP contribution in [0.15, 0.2) is 52.3 Å². The highest BCUT2D eigenvalue weighted by molar-refractivity contribution is 9.10. The van der Waals surface area contributed by atoms with Gasteiger partial charge in [0.15, 0.2) is 5.13 Å². The van der Waals surface area contributed by atoms with Crippen LogP contribution in [-0.4, -0.2) is 16.9 Å². The standard InChI is InChI=1S/C20H19BrN4O2S/c1-12-4-3-5-14(8-12)23-19(27)25-20-24-16(11-28-20)10-18(26)22-15-6-7-17(21)13(2)9-15/h3-9,11H,10H2,1-2H3,(H,22,26)(H2,23,24,25,27). The molecular weight excluding hydrogens is 440 g/mol. The van der Waals surface area contributed by atoms with Crippen molar-refractivity contribution in [2.45, 2.75) is 20.3 Å². The second-order valence-electron chi connectivity index (χ2n) is 6.28. The maximum absolute atomic E-state index is 12.2. The molecule has 28 heavy (non-hydrogen) atoms. The lowest BCUT2D eigenvalue weighted by atomic mass is 10.2. The number of anilines is 3. The number of hydrogen-bond acceptors (Lipinski definition) is 4. The molecule has 3 N–H and O–H groups in total. The Hall–Kier alpha value is -2.71. The predicted octanol–water partition coefficient (Wildman–Crippen LogP) is 5.35. The zero-order valence-electron chi connectivity index (χ0n) is 15.4. The van der Waals surface area contributed by atoms with Gasteiger partial charge >= 0.3 is 6.03 Å². The summed E-state index contributed by atoms with van der Waals surface area (Å²) in [5.41, 5.74) is 4.14. The van der Waals surface area contributed by atoms with Gasteiger partial charge in [-0.1, -0.05) is 28.1 Å². The Balaban J connectivity index is 1.53. The van der Waals surface area contributed by atoms with Crippen molar-refractivity contribution in [2.75, 3.05) is 16.0 Å². The van der Waals surface area contributed by atoms with Crippen molar-refractivity contribution >= 4 is 55.7 Å². The molecule has 3 aromatic rings. The Bertz CT molecular complexity index is 1020. The number of halogens is 1. The quantitative estimate of drug-likeness (QED) is 0.481. The van der Waals surface area contributed by atoms with Gasteiger partial charge < -0.3 is 10.6 Å². The average molecular weight is 459 g/mol. The van der Waals surface area contributed by atoms with Gasteiger partial charge in [-0.15, -0.1) is 11.3 Å². The number of amides is 3. The van der Waals surface area contributed by atoms with Gasteiger partial charge in [-0.2, -0.15) is 0 Å². The zero-order chi connectivity index (χ0) is 20.1. The Labute approximate surface area is 175 Å². The molecule has 0 saturated heterocycles. The first-order chi connectivity index (χ1) is 13.4. The fourth-order valence-corrected chi connectivity index (χ4v) is 3.47. The number of benzene rings is 2. The molecule has 0 unspecified atom stereocenters. The summed E-state index contributed by atoms with van der Waals surface area (Å²) in [5, 5.41) is 10.5. The number of carbonyl (C=O) groups is 2. The molecule has 0 aliphatic heterocycles. The van der Waals surface area contributed by atoms with Crippen molar-refractivity contribution < 1.29 is 9.59 Å². The minimum atomic E-state index is -0.374. The largest absolute Gasteiger partial charge is 0.326 e. The van der Waals surface area contributed by atoms with Crippen molar-refractivity contribution in [3.8, 4) is 0 Å². The summed E-state index contributed by atoms with van der Waals surface area (Å²) in [4.78, 5) is 28.6. The third-order valence-corrected chi connectivity index (χ3v) is 5.53. The number of aryl methyl sites for hydroxylation is 2. The number of urea groups is 1. The number of nitrogens with one attached hydrogen (secondary N) is 3. The van der Waals surface area contributed by atoms with E-state index in [0.29, 0.717) is 16.5 Å². The van der Waals surface area contributed by atoms with Gasteiger partial charge in [0.25, 0.3) is 0 Å². The van der Waals surface area contributed by atoms with Gasteiger partial charge in [-0.25, -0.2) is 9.78 Å². The van der Waals surface area contributed by atoms with Gasteiger partial charge in [0.2, 0.25) is 5.91 Å². The minimum Gasteiger partial charge on any atom is -0.326 e. The number of aromatic nitrogens is 1. The molecule has 1 aromatic heterocycles. The van der Waals surface area contributed by atoms with Crippen molar-refractivity contribution in [3.63, 3.8) is 0 Å². The van der Waals surface area contributed by atoms with E-state index < -0.39 is 0 Å². The van der Waals surface area contributed by atoms with Crippen LogP contribution in [0, 0.1) is 13.8 Å². The van der Waals surface area contributed by atoms with Crippen molar-refractivity contribution in [1.29, 1.82) is 0 Å². The monoisotopic (exact) mass is 458 g/mol. The molecule has 0 atom stereocenters. The van der Waals surface area contributed by atoms with E-state index in [9.17, 15) is 9.59 Å². The number of thiazole rings is 1. The lowest BCUT2D eigenvalue weighted by molar-refractivity contribution is -0.115. The molecule has 0 saturated carbocycles. The molecule has 3 amide bonds. The summed E-state index contributed by atoms with van der Waals surface area (Å²) >= 11 is 4.71. The first-order valence-corrected chi connectivity index (χ1v) is 10.2. The van der Waals surface area contributed by atoms with Crippen LogP contribution >= 0.6 is 27.3 Å². The lowest BCUT2D eigenvalue weighted by Crippen LogP contribution is -2.19. The summed E-state index contributed by atoms with van der Waals surface area (Å²) in [5.74, 6) is -0.164. The molecule has 0 fully saturated rings. The molecule has 2 aromatic carbocycles. The Morgan fingerprint density at radius 3 is 2.57 bits per heavy atom. The maximum atomic E-state index is 12.2. The van der Waals surface area contributed by atoms with E-state index in [-0.39, 0.29) is 18.4 Å². The van der Waals surface area contributed by atoms with E-state index in [1.165, 1.54) is 11.3 Å². The Morgan fingerprint density at radius 2 is 1.82 bits per heavy atom. The lowest BCUT2D eigenvalue weighted by Gasteiger charge is -2.06. The average Bonchev–Trinajstić information content (AvgIpc) is 3.04. The van der Waals surface area contributed by atoms with Crippen LogP contribution < -0.4 is 16.0 Å². The zero-order valence-corrected chi connectivity index (χ0v) is 17.8. The van der Waals surface area contributed by atoms with Crippen molar-refractivity contribution in [2.24, 2.45) is 0 Å². The highest BCUT2D eigenvalue weighted by Gasteiger charge is 2.11.